The van der Waals surface area contributed by atoms with Gasteiger partial charge in [0.1, 0.15) is 5.82 Å². The SMILES string of the molecule is CC(=O)c1cccc(S(=O)(=O)N2CCC(c3nc4ccc(C)cc4[nH]3)CC2)c1. The van der Waals surface area contributed by atoms with Gasteiger partial charge in [0.05, 0.1) is 15.9 Å². The number of rotatable bonds is 4. The number of aromatic nitrogens is 2. The molecule has 0 spiro atoms. The van der Waals surface area contributed by atoms with E-state index >= 15 is 0 Å². The Bertz CT molecular complexity index is 1140. The second kappa shape index (κ2) is 7.14. The molecule has 1 aliphatic rings. The van der Waals surface area contributed by atoms with Crippen LogP contribution >= 0.6 is 0 Å². The van der Waals surface area contributed by atoms with Crippen LogP contribution in [0.25, 0.3) is 11.0 Å². The number of hydrogen-bond donors (Lipinski definition) is 1. The van der Waals surface area contributed by atoms with Crippen molar-refractivity contribution in [2.75, 3.05) is 13.1 Å². The van der Waals surface area contributed by atoms with Gasteiger partial charge in [-0.1, -0.05) is 18.2 Å². The molecular weight excluding hydrogens is 374 g/mol. The molecule has 1 aromatic heterocycles. The molecule has 0 bridgehead atoms. The van der Waals surface area contributed by atoms with E-state index in [0.29, 0.717) is 31.5 Å². The highest BCUT2D eigenvalue weighted by Crippen LogP contribution is 2.30. The molecule has 3 aromatic rings. The van der Waals surface area contributed by atoms with Gasteiger partial charge in [0.25, 0.3) is 0 Å². The van der Waals surface area contributed by atoms with E-state index in [9.17, 15) is 13.2 Å². The number of Topliss-reactive ketones (excluding diaryl/α,β-unsaturated/α-hetero) is 1. The Morgan fingerprint density at radius 1 is 1.14 bits per heavy atom. The first-order chi connectivity index (χ1) is 13.3. The second-order valence-electron chi connectivity index (χ2n) is 7.41. The molecule has 0 unspecified atom stereocenters. The summed E-state index contributed by atoms with van der Waals surface area (Å²) >= 11 is 0. The Morgan fingerprint density at radius 3 is 2.61 bits per heavy atom. The first-order valence-corrected chi connectivity index (χ1v) is 10.9. The van der Waals surface area contributed by atoms with Crippen molar-refractivity contribution in [2.24, 2.45) is 0 Å². The predicted octanol–water partition coefficient (Wildman–Crippen LogP) is 3.64. The summed E-state index contributed by atoms with van der Waals surface area (Å²) in [5.74, 6) is 0.995. The van der Waals surface area contributed by atoms with Crippen molar-refractivity contribution in [3.63, 3.8) is 0 Å². The Balaban J connectivity index is 1.51. The van der Waals surface area contributed by atoms with Crippen molar-refractivity contribution >= 4 is 26.8 Å². The molecule has 7 heteroatoms. The molecule has 6 nitrogen and oxygen atoms in total. The molecule has 0 aliphatic carbocycles. The zero-order valence-corrected chi connectivity index (χ0v) is 16.8. The van der Waals surface area contributed by atoms with Crippen LogP contribution in [-0.4, -0.2) is 41.6 Å². The van der Waals surface area contributed by atoms with E-state index in [4.69, 9.17) is 4.98 Å². The lowest BCUT2D eigenvalue weighted by molar-refractivity contribution is 0.101. The molecule has 0 radical (unpaired) electrons. The van der Waals surface area contributed by atoms with E-state index < -0.39 is 10.0 Å². The molecule has 0 amide bonds. The zero-order valence-electron chi connectivity index (χ0n) is 16.0. The summed E-state index contributed by atoms with van der Waals surface area (Å²) in [6.07, 6.45) is 1.43. The number of H-pyrrole nitrogens is 1. The number of fused-ring (bicyclic) bond motifs is 1. The highest BCUT2D eigenvalue weighted by Gasteiger charge is 2.31. The number of benzene rings is 2. The number of sulfonamides is 1. The van der Waals surface area contributed by atoms with Crippen LogP contribution in [0.15, 0.2) is 47.4 Å². The van der Waals surface area contributed by atoms with E-state index in [-0.39, 0.29) is 16.6 Å². The number of imidazole rings is 1. The van der Waals surface area contributed by atoms with Gasteiger partial charge in [-0.3, -0.25) is 4.79 Å². The molecule has 2 heterocycles. The second-order valence-corrected chi connectivity index (χ2v) is 9.34. The third-order valence-corrected chi connectivity index (χ3v) is 7.27. The summed E-state index contributed by atoms with van der Waals surface area (Å²) in [5.41, 5.74) is 3.55. The number of carbonyl (C=O) groups is 1. The van der Waals surface area contributed by atoms with Crippen molar-refractivity contribution in [2.45, 2.75) is 37.5 Å². The smallest absolute Gasteiger partial charge is 0.243 e. The average molecular weight is 398 g/mol. The van der Waals surface area contributed by atoms with Crippen LogP contribution in [-0.2, 0) is 10.0 Å². The van der Waals surface area contributed by atoms with E-state index in [1.54, 1.807) is 18.2 Å². The first kappa shape index (κ1) is 18.8. The molecule has 2 aromatic carbocycles. The number of nitrogens with zero attached hydrogens (tertiary/aromatic N) is 2. The maximum Gasteiger partial charge on any atom is 0.243 e. The van der Waals surface area contributed by atoms with E-state index in [0.717, 1.165) is 16.9 Å². The number of hydrogen-bond acceptors (Lipinski definition) is 4. The highest BCUT2D eigenvalue weighted by molar-refractivity contribution is 7.89. The largest absolute Gasteiger partial charge is 0.342 e. The molecule has 146 valence electrons. The quantitative estimate of drug-likeness (QED) is 0.681. The van der Waals surface area contributed by atoms with Crippen molar-refractivity contribution in [3.05, 3.63) is 59.4 Å². The fraction of sp³-hybridized carbons (Fsp3) is 0.333. The van der Waals surface area contributed by atoms with Crippen LogP contribution in [0, 0.1) is 6.92 Å². The zero-order chi connectivity index (χ0) is 19.9. The molecule has 1 aliphatic heterocycles. The van der Waals surface area contributed by atoms with Gasteiger partial charge in [-0.25, -0.2) is 13.4 Å². The summed E-state index contributed by atoms with van der Waals surface area (Å²) in [7, 11) is -3.60. The minimum absolute atomic E-state index is 0.143. The van der Waals surface area contributed by atoms with Gasteiger partial charge in [-0.15, -0.1) is 0 Å². The number of piperidine rings is 1. The lowest BCUT2D eigenvalue weighted by atomic mass is 9.97. The lowest BCUT2D eigenvalue weighted by Gasteiger charge is -2.30. The van der Waals surface area contributed by atoms with Gasteiger partial charge in [0, 0.05) is 24.6 Å². The number of nitrogens with one attached hydrogen (secondary N) is 1. The lowest BCUT2D eigenvalue weighted by Crippen LogP contribution is -2.38. The molecular formula is C21H23N3O3S. The van der Waals surface area contributed by atoms with Crippen molar-refractivity contribution in [1.29, 1.82) is 0 Å². The summed E-state index contributed by atoms with van der Waals surface area (Å²) in [6.45, 7) is 4.36. The number of carbonyl (C=O) groups excluding carboxylic acids is 1. The maximum absolute atomic E-state index is 13.0. The Kier molecular flexibility index (Phi) is 4.81. The van der Waals surface area contributed by atoms with Gasteiger partial charge < -0.3 is 4.98 Å². The van der Waals surface area contributed by atoms with E-state index in [2.05, 4.69) is 11.1 Å². The third kappa shape index (κ3) is 3.47. The Labute approximate surface area is 164 Å². The molecule has 1 fully saturated rings. The van der Waals surface area contributed by atoms with E-state index in [1.165, 1.54) is 22.9 Å². The fourth-order valence-electron chi connectivity index (χ4n) is 3.73. The molecule has 0 saturated carbocycles. The van der Waals surface area contributed by atoms with Gasteiger partial charge in [0.2, 0.25) is 10.0 Å². The number of ketones is 1. The first-order valence-electron chi connectivity index (χ1n) is 9.42. The van der Waals surface area contributed by atoms with Gasteiger partial charge >= 0.3 is 0 Å². The minimum atomic E-state index is -3.60. The standard InChI is InChI=1S/C21H23N3O3S/c1-14-6-7-19-20(12-14)23-21(22-19)16-8-10-24(11-9-16)28(26,27)18-5-3-4-17(13-18)15(2)25/h3-7,12-13,16H,8-11H2,1-2H3,(H,22,23). The Hall–Kier alpha value is -2.51. The summed E-state index contributed by atoms with van der Waals surface area (Å²) in [4.78, 5) is 19.8. The van der Waals surface area contributed by atoms with E-state index in [1.807, 2.05) is 19.1 Å². The molecule has 28 heavy (non-hydrogen) atoms. The van der Waals surface area contributed by atoms with Gasteiger partial charge in [-0.05, 0) is 56.5 Å². The summed E-state index contributed by atoms with van der Waals surface area (Å²) in [5, 5.41) is 0. The highest BCUT2D eigenvalue weighted by atomic mass is 32.2. The summed E-state index contributed by atoms with van der Waals surface area (Å²) < 4.78 is 27.5. The maximum atomic E-state index is 13.0. The molecule has 1 saturated heterocycles. The van der Waals surface area contributed by atoms with Crippen LogP contribution in [0.5, 0.6) is 0 Å². The average Bonchev–Trinajstić information content (AvgIpc) is 3.11. The van der Waals surface area contributed by atoms with Crippen LogP contribution in [0.2, 0.25) is 0 Å². The van der Waals surface area contributed by atoms with Gasteiger partial charge in [0.15, 0.2) is 5.78 Å². The number of aromatic amines is 1. The van der Waals surface area contributed by atoms with Crippen LogP contribution < -0.4 is 0 Å². The summed E-state index contributed by atoms with van der Waals surface area (Å²) in [6, 6.07) is 12.4. The molecule has 4 rings (SSSR count). The number of aryl methyl sites for hydroxylation is 1. The van der Waals surface area contributed by atoms with Crippen LogP contribution in [0.3, 0.4) is 0 Å². The minimum Gasteiger partial charge on any atom is -0.342 e. The predicted molar refractivity (Wildman–Crippen MR) is 108 cm³/mol. The topological polar surface area (TPSA) is 83.1 Å². The van der Waals surface area contributed by atoms with Crippen LogP contribution in [0.4, 0.5) is 0 Å². The van der Waals surface area contributed by atoms with Gasteiger partial charge in [-0.2, -0.15) is 4.31 Å². The monoisotopic (exact) mass is 397 g/mol. The van der Waals surface area contributed by atoms with Crippen molar-refractivity contribution < 1.29 is 13.2 Å². The fourth-order valence-corrected chi connectivity index (χ4v) is 5.25. The van der Waals surface area contributed by atoms with Crippen molar-refractivity contribution in [3.8, 4) is 0 Å². The normalized spacial score (nSPS) is 16.5. The molecule has 1 N–H and O–H groups in total. The third-order valence-electron chi connectivity index (χ3n) is 5.37. The Morgan fingerprint density at radius 2 is 1.89 bits per heavy atom. The van der Waals surface area contributed by atoms with Crippen molar-refractivity contribution in [1.82, 2.24) is 14.3 Å². The van der Waals surface area contributed by atoms with Crippen LogP contribution in [0.1, 0.15) is 47.4 Å². The molecule has 0 atom stereocenters.